The Morgan fingerprint density at radius 3 is 2.84 bits per heavy atom. The molecule has 0 fully saturated rings. The van der Waals surface area contributed by atoms with Crippen LogP contribution in [0.15, 0.2) is 48.5 Å². The van der Waals surface area contributed by atoms with E-state index in [0.29, 0.717) is 11.1 Å². The summed E-state index contributed by atoms with van der Waals surface area (Å²) in [6.07, 6.45) is 0.873. The number of aryl methyl sites for hydroxylation is 1. The summed E-state index contributed by atoms with van der Waals surface area (Å²) in [6, 6.07) is 15.9. The average Bonchev–Trinajstić information content (AvgIpc) is 2.60. The Labute approximate surface area is 151 Å². The van der Waals surface area contributed by atoms with Crippen molar-refractivity contribution in [3.8, 4) is 6.07 Å². The van der Waals surface area contributed by atoms with Gasteiger partial charge >= 0.3 is 0 Å². The van der Waals surface area contributed by atoms with Crippen molar-refractivity contribution in [3.63, 3.8) is 0 Å². The largest absolute Gasteiger partial charge is 0.272 e. The molecule has 1 heterocycles. The molecule has 7 heteroatoms. The summed E-state index contributed by atoms with van der Waals surface area (Å²) in [7, 11) is -3.83. The first kappa shape index (κ1) is 17.5. The number of sulfonamides is 1. The van der Waals surface area contributed by atoms with Crippen LogP contribution < -0.4 is 4.72 Å². The molecule has 5 nitrogen and oxygen atoms in total. The molecule has 3 rings (SSSR count). The highest BCUT2D eigenvalue weighted by Crippen LogP contribution is 2.36. The van der Waals surface area contributed by atoms with Crippen LogP contribution in [0, 0.1) is 11.3 Å². The minimum atomic E-state index is -3.83. The van der Waals surface area contributed by atoms with Crippen molar-refractivity contribution in [2.24, 2.45) is 0 Å². The van der Waals surface area contributed by atoms with Crippen LogP contribution in [0.4, 0.5) is 0 Å². The molecule has 0 saturated heterocycles. The van der Waals surface area contributed by atoms with Crippen LogP contribution in [0.5, 0.6) is 0 Å². The van der Waals surface area contributed by atoms with E-state index in [1.165, 1.54) is 17.8 Å². The van der Waals surface area contributed by atoms with E-state index in [2.05, 4.69) is 4.72 Å². The van der Waals surface area contributed by atoms with Crippen molar-refractivity contribution in [2.75, 3.05) is 5.75 Å². The Bertz CT molecular complexity index is 949. The molecule has 0 aliphatic carbocycles. The summed E-state index contributed by atoms with van der Waals surface area (Å²) in [5.74, 6) is -0.0827. The molecule has 1 aliphatic heterocycles. The fourth-order valence-electron chi connectivity index (χ4n) is 2.80. The minimum absolute atomic E-state index is 0.340. The van der Waals surface area contributed by atoms with Gasteiger partial charge in [0.1, 0.15) is 5.25 Å². The first-order valence-electron chi connectivity index (χ1n) is 7.71. The molecule has 0 bridgehead atoms. The number of fused-ring (bicyclic) bond motifs is 1. The third-order valence-corrected chi connectivity index (χ3v) is 6.37. The number of amides is 1. The highest BCUT2D eigenvalue weighted by molar-refractivity contribution is 8.00. The quantitative estimate of drug-likeness (QED) is 0.891. The Hall–Kier alpha value is -2.30. The SMILES string of the molecule is N#Cc1cccc(CS(=O)(=O)NC(=O)[C@@H]2SCCc3ccccc32)c1. The lowest BCUT2D eigenvalue weighted by Crippen LogP contribution is -2.35. The molecule has 0 saturated carbocycles. The second-order valence-electron chi connectivity index (χ2n) is 5.74. The van der Waals surface area contributed by atoms with Gasteiger partial charge in [-0.05, 0) is 41.0 Å². The maximum Gasteiger partial charge on any atom is 0.251 e. The molecule has 25 heavy (non-hydrogen) atoms. The van der Waals surface area contributed by atoms with Crippen LogP contribution in [-0.2, 0) is 27.0 Å². The summed E-state index contributed by atoms with van der Waals surface area (Å²) in [5, 5.41) is 8.37. The van der Waals surface area contributed by atoms with Crippen molar-refractivity contribution in [2.45, 2.75) is 17.4 Å². The number of benzene rings is 2. The van der Waals surface area contributed by atoms with Crippen LogP contribution in [-0.4, -0.2) is 20.1 Å². The molecule has 1 aliphatic rings. The minimum Gasteiger partial charge on any atom is -0.272 e. The van der Waals surface area contributed by atoms with E-state index in [1.54, 1.807) is 18.2 Å². The molecular weight excluding hydrogens is 356 g/mol. The van der Waals surface area contributed by atoms with E-state index < -0.39 is 21.2 Å². The normalized spacial score (nSPS) is 16.5. The van der Waals surface area contributed by atoms with Gasteiger partial charge in [-0.3, -0.25) is 9.52 Å². The maximum absolute atomic E-state index is 12.5. The van der Waals surface area contributed by atoms with Gasteiger partial charge in [0.05, 0.1) is 17.4 Å². The predicted molar refractivity (Wildman–Crippen MR) is 97.3 cm³/mol. The van der Waals surface area contributed by atoms with Gasteiger partial charge in [0, 0.05) is 0 Å². The van der Waals surface area contributed by atoms with Crippen LogP contribution in [0.2, 0.25) is 0 Å². The maximum atomic E-state index is 12.5. The summed E-state index contributed by atoms with van der Waals surface area (Å²) >= 11 is 1.45. The lowest BCUT2D eigenvalue weighted by molar-refractivity contribution is -0.118. The average molecular weight is 372 g/mol. The van der Waals surface area contributed by atoms with Crippen molar-refractivity contribution < 1.29 is 13.2 Å². The number of carbonyl (C=O) groups excluding carboxylic acids is 1. The van der Waals surface area contributed by atoms with Gasteiger partial charge in [0.2, 0.25) is 10.0 Å². The molecule has 0 radical (unpaired) electrons. The molecule has 1 atom stereocenters. The van der Waals surface area contributed by atoms with Gasteiger partial charge in [0.25, 0.3) is 5.91 Å². The zero-order valence-electron chi connectivity index (χ0n) is 13.3. The van der Waals surface area contributed by atoms with Gasteiger partial charge < -0.3 is 0 Å². The first-order chi connectivity index (χ1) is 12.0. The Morgan fingerprint density at radius 2 is 2.04 bits per heavy atom. The number of hydrogen-bond donors (Lipinski definition) is 1. The molecular formula is C18H16N2O3S2. The van der Waals surface area contributed by atoms with Gasteiger partial charge in [-0.1, -0.05) is 36.4 Å². The smallest absolute Gasteiger partial charge is 0.251 e. The molecule has 0 spiro atoms. The first-order valence-corrected chi connectivity index (χ1v) is 10.4. The van der Waals surface area contributed by atoms with E-state index in [1.807, 2.05) is 30.3 Å². The van der Waals surface area contributed by atoms with Crippen molar-refractivity contribution in [1.82, 2.24) is 4.72 Å². The zero-order valence-corrected chi connectivity index (χ0v) is 14.9. The van der Waals surface area contributed by atoms with Crippen molar-refractivity contribution in [1.29, 1.82) is 5.26 Å². The second-order valence-corrected chi connectivity index (χ2v) is 8.67. The van der Waals surface area contributed by atoms with Crippen molar-refractivity contribution >= 4 is 27.7 Å². The highest BCUT2D eigenvalue weighted by Gasteiger charge is 2.29. The van der Waals surface area contributed by atoms with Crippen LogP contribution in [0.1, 0.15) is 27.5 Å². The third-order valence-electron chi connectivity index (χ3n) is 3.90. The third kappa shape index (κ3) is 4.21. The predicted octanol–water partition coefficient (Wildman–Crippen LogP) is 2.53. The van der Waals surface area contributed by atoms with Crippen molar-refractivity contribution in [3.05, 3.63) is 70.8 Å². The summed E-state index contributed by atoms with van der Waals surface area (Å²) in [5.41, 5.74) is 2.81. The summed E-state index contributed by atoms with van der Waals surface area (Å²) in [6.45, 7) is 0. The molecule has 1 N–H and O–H groups in total. The summed E-state index contributed by atoms with van der Waals surface area (Å²) < 4.78 is 26.9. The number of nitrogens with one attached hydrogen (secondary N) is 1. The molecule has 2 aromatic carbocycles. The number of thioether (sulfide) groups is 1. The Morgan fingerprint density at radius 1 is 1.24 bits per heavy atom. The van der Waals surface area contributed by atoms with Crippen LogP contribution in [0.3, 0.4) is 0 Å². The fourth-order valence-corrected chi connectivity index (χ4v) is 5.19. The second kappa shape index (κ2) is 7.30. The monoisotopic (exact) mass is 372 g/mol. The topological polar surface area (TPSA) is 87.0 Å². The molecule has 128 valence electrons. The highest BCUT2D eigenvalue weighted by atomic mass is 32.2. The molecule has 0 aromatic heterocycles. The van der Waals surface area contributed by atoms with E-state index in [4.69, 9.17) is 5.26 Å². The Balaban J connectivity index is 1.75. The number of carbonyl (C=O) groups is 1. The molecule has 0 unspecified atom stereocenters. The molecule has 2 aromatic rings. The molecule has 1 amide bonds. The van der Waals surface area contributed by atoms with E-state index >= 15 is 0 Å². The van der Waals surface area contributed by atoms with Gasteiger partial charge in [-0.15, -0.1) is 11.8 Å². The fraction of sp³-hybridized carbons (Fsp3) is 0.222. The zero-order chi connectivity index (χ0) is 17.9. The summed E-state index contributed by atoms with van der Waals surface area (Å²) in [4.78, 5) is 12.5. The Kier molecular flexibility index (Phi) is 5.11. The lowest BCUT2D eigenvalue weighted by Gasteiger charge is -2.24. The van der Waals surface area contributed by atoms with E-state index in [-0.39, 0.29) is 5.75 Å². The number of nitriles is 1. The van der Waals surface area contributed by atoms with E-state index in [0.717, 1.165) is 23.3 Å². The van der Waals surface area contributed by atoms with Gasteiger partial charge in [-0.25, -0.2) is 8.42 Å². The standard InChI is InChI=1S/C18H16N2O3S2/c19-11-13-4-3-5-14(10-13)12-25(22,23)20-18(21)17-16-7-2-1-6-15(16)8-9-24-17/h1-7,10,17H,8-9,12H2,(H,20,21)/t17-/m1/s1. The lowest BCUT2D eigenvalue weighted by atomic mass is 10.0. The van der Waals surface area contributed by atoms with E-state index in [9.17, 15) is 13.2 Å². The number of rotatable bonds is 4. The van der Waals surface area contributed by atoms with Crippen LogP contribution >= 0.6 is 11.8 Å². The van der Waals surface area contributed by atoms with Crippen LogP contribution in [0.25, 0.3) is 0 Å². The number of nitrogens with zero attached hydrogens (tertiary/aromatic N) is 1. The van der Waals surface area contributed by atoms with Gasteiger partial charge in [-0.2, -0.15) is 5.26 Å². The van der Waals surface area contributed by atoms with Gasteiger partial charge in [0.15, 0.2) is 0 Å². The number of hydrogen-bond acceptors (Lipinski definition) is 5.